The molecule has 1 amide bonds. The van der Waals surface area contributed by atoms with Gasteiger partial charge in [-0.3, -0.25) is 14.6 Å². The average Bonchev–Trinajstić information content (AvgIpc) is 3.01. The summed E-state index contributed by atoms with van der Waals surface area (Å²) < 4.78 is 11.0. The highest BCUT2D eigenvalue weighted by atomic mass is 16.5. The van der Waals surface area contributed by atoms with Crippen LogP contribution in [0.4, 0.5) is 0 Å². The van der Waals surface area contributed by atoms with E-state index in [1.54, 1.807) is 48.8 Å². The molecule has 0 fully saturated rings. The Morgan fingerprint density at radius 1 is 1.12 bits per heavy atom. The molecule has 0 saturated carbocycles. The van der Waals surface area contributed by atoms with Crippen molar-refractivity contribution >= 4 is 17.8 Å². The van der Waals surface area contributed by atoms with Gasteiger partial charge in [0.1, 0.15) is 5.75 Å². The van der Waals surface area contributed by atoms with Crippen LogP contribution in [0.3, 0.4) is 0 Å². The Kier molecular flexibility index (Phi) is 4.24. The first kappa shape index (κ1) is 15.7. The van der Waals surface area contributed by atoms with E-state index in [4.69, 9.17) is 9.47 Å². The van der Waals surface area contributed by atoms with Gasteiger partial charge in [0.15, 0.2) is 0 Å². The fraction of sp³-hybridized carbons (Fsp3) is 0.176. The molecule has 122 valence electrons. The van der Waals surface area contributed by atoms with Gasteiger partial charge in [-0.1, -0.05) is 12.1 Å². The van der Waals surface area contributed by atoms with Gasteiger partial charge >= 0.3 is 5.97 Å². The summed E-state index contributed by atoms with van der Waals surface area (Å²) in [5.41, 5.74) is 1.24. The summed E-state index contributed by atoms with van der Waals surface area (Å²) in [6.07, 6.45) is 2.54. The lowest BCUT2D eigenvalue weighted by molar-refractivity contribution is -0.135. The molecule has 1 atom stereocenters. The molecule has 1 aliphatic rings. The Labute approximate surface area is 138 Å². The normalized spacial score (nSPS) is 16.3. The molecule has 1 aromatic heterocycles. The number of rotatable bonds is 3. The fourth-order valence-electron chi connectivity index (χ4n) is 2.31. The summed E-state index contributed by atoms with van der Waals surface area (Å²) >= 11 is 0. The number of benzene rings is 1. The van der Waals surface area contributed by atoms with Crippen LogP contribution in [0.25, 0.3) is 0 Å². The number of esters is 1. The Morgan fingerprint density at radius 3 is 2.50 bits per heavy atom. The van der Waals surface area contributed by atoms with Crippen LogP contribution in [0.15, 0.2) is 53.9 Å². The third-order valence-electron chi connectivity index (χ3n) is 3.33. The zero-order chi connectivity index (χ0) is 17.1. The minimum atomic E-state index is -0.689. The number of aromatic nitrogens is 1. The lowest BCUT2D eigenvalue weighted by Gasteiger charge is -2.19. The molecular weight excluding hydrogens is 310 g/mol. The zero-order valence-electron chi connectivity index (χ0n) is 13.2. The summed E-state index contributed by atoms with van der Waals surface area (Å²) in [5, 5.41) is 5.50. The summed E-state index contributed by atoms with van der Waals surface area (Å²) in [6.45, 7) is 2.72. The van der Waals surface area contributed by atoms with E-state index in [2.05, 4.69) is 10.1 Å². The van der Waals surface area contributed by atoms with Gasteiger partial charge in [0.05, 0.1) is 5.56 Å². The van der Waals surface area contributed by atoms with Gasteiger partial charge in [0.2, 0.25) is 18.0 Å². The SMILES string of the molecule is CC(=O)Oc1ccccc1C1=NN(C(C)=O)[C@H](c2ccncc2)O1. The second kappa shape index (κ2) is 6.49. The zero-order valence-corrected chi connectivity index (χ0v) is 13.2. The highest BCUT2D eigenvalue weighted by molar-refractivity contribution is 5.99. The van der Waals surface area contributed by atoms with Crippen molar-refractivity contribution in [1.82, 2.24) is 9.99 Å². The van der Waals surface area contributed by atoms with Crippen molar-refractivity contribution in [2.24, 2.45) is 5.10 Å². The van der Waals surface area contributed by atoms with Gasteiger partial charge in [0.25, 0.3) is 0 Å². The predicted octanol–water partition coefficient (Wildman–Crippen LogP) is 2.25. The molecule has 2 heterocycles. The van der Waals surface area contributed by atoms with Crippen LogP contribution in [0.5, 0.6) is 5.75 Å². The predicted molar refractivity (Wildman–Crippen MR) is 84.9 cm³/mol. The van der Waals surface area contributed by atoms with Gasteiger partial charge < -0.3 is 9.47 Å². The van der Waals surface area contributed by atoms with Crippen LogP contribution in [0, 0.1) is 0 Å². The molecule has 0 aliphatic carbocycles. The van der Waals surface area contributed by atoms with Crippen molar-refractivity contribution < 1.29 is 19.1 Å². The molecule has 0 saturated heterocycles. The standard InChI is InChI=1S/C17H15N3O4/c1-11(21)20-17(13-7-9-18-10-8-13)24-16(19-20)14-5-3-4-6-15(14)23-12(2)22/h3-10,17H,1-2H3/t17-/m0/s1. The Hall–Kier alpha value is -3.22. The summed E-state index contributed by atoms with van der Waals surface area (Å²) in [7, 11) is 0. The summed E-state index contributed by atoms with van der Waals surface area (Å²) in [6, 6.07) is 10.4. The third kappa shape index (κ3) is 3.10. The third-order valence-corrected chi connectivity index (χ3v) is 3.33. The molecule has 2 aromatic rings. The van der Waals surface area contributed by atoms with Gasteiger partial charge in [0, 0.05) is 31.8 Å². The van der Waals surface area contributed by atoms with Crippen LogP contribution < -0.4 is 4.74 Å². The maximum absolute atomic E-state index is 11.9. The largest absolute Gasteiger partial charge is 0.446 e. The van der Waals surface area contributed by atoms with Crippen LogP contribution >= 0.6 is 0 Å². The summed E-state index contributed by atoms with van der Waals surface area (Å²) in [4.78, 5) is 27.1. The van der Waals surface area contributed by atoms with Gasteiger partial charge in [-0.15, -0.1) is 5.10 Å². The maximum atomic E-state index is 11.9. The van der Waals surface area contributed by atoms with E-state index in [1.807, 2.05) is 0 Å². The molecular formula is C17H15N3O4. The molecule has 3 rings (SSSR count). The van der Waals surface area contributed by atoms with Crippen LogP contribution in [0.1, 0.15) is 31.2 Å². The van der Waals surface area contributed by atoms with E-state index in [-0.39, 0.29) is 11.8 Å². The topological polar surface area (TPSA) is 81.1 Å². The smallest absolute Gasteiger partial charge is 0.308 e. The molecule has 0 N–H and O–H groups in total. The van der Waals surface area contributed by atoms with E-state index >= 15 is 0 Å². The molecule has 0 spiro atoms. The second-order valence-corrected chi connectivity index (χ2v) is 5.11. The van der Waals surface area contributed by atoms with Crippen molar-refractivity contribution in [2.45, 2.75) is 20.1 Å². The molecule has 24 heavy (non-hydrogen) atoms. The minimum absolute atomic E-state index is 0.212. The first-order valence-corrected chi connectivity index (χ1v) is 7.29. The van der Waals surface area contributed by atoms with Crippen LogP contribution in [-0.2, 0) is 14.3 Å². The first-order valence-electron chi connectivity index (χ1n) is 7.29. The molecule has 0 radical (unpaired) electrons. The van der Waals surface area contributed by atoms with Crippen molar-refractivity contribution in [3.8, 4) is 5.75 Å². The number of hydrogen-bond acceptors (Lipinski definition) is 6. The number of hydrogen-bond donors (Lipinski definition) is 0. The number of nitrogens with zero attached hydrogens (tertiary/aromatic N) is 3. The van der Waals surface area contributed by atoms with Crippen LogP contribution in [-0.4, -0.2) is 27.8 Å². The fourth-order valence-corrected chi connectivity index (χ4v) is 2.31. The lowest BCUT2D eigenvalue weighted by Crippen LogP contribution is -2.25. The highest BCUT2D eigenvalue weighted by Gasteiger charge is 2.34. The monoisotopic (exact) mass is 325 g/mol. The van der Waals surface area contributed by atoms with E-state index in [1.165, 1.54) is 18.9 Å². The number of ether oxygens (including phenoxy) is 2. The van der Waals surface area contributed by atoms with Gasteiger partial charge in [-0.25, -0.2) is 0 Å². The molecule has 7 heteroatoms. The highest BCUT2D eigenvalue weighted by Crippen LogP contribution is 2.32. The van der Waals surface area contributed by atoms with Gasteiger partial charge in [-0.2, -0.15) is 5.01 Å². The molecule has 7 nitrogen and oxygen atoms in total. The number of carbonyl (C=O) groups is 2. The van der Waals surface area contributed by atoms with Crippen LogP contribution in [0.2, 0.25) is 0 Å². The second-order valence-electron chi connectivity index (χ2n) is 5.11. The molecule has 0 unspecified atom stereocenters. The van der Waals surface area contributed by atoms with Crippen molar-refractivity contribution in [3.63, 3.8) is 0 Å². The van der Waals surface area contributed by atoms with E-state index < -0.39 is 12.2 Å². The maximum Gasteiger partial charge on any atom is 0.308 e. The number of pyridine rings is 1. The first-order chi connectivity index (χ1) is 11.6. The van der Waals surface area contributed by atoms with Crippen molar-refractivity contribution in [2.75, 3.05) is 0 Å². The number of carbonyl (C=O) groups excluding carboxylic acids is 2. The molecule has 0 bridgehead atoms. The number of para-hydroxylation sites is 1. The number of amides is 1. The van der Waals surface area contributed by atoms with Crippen molar-refractivity contribution in [3.05, 3.63) is 59.9 Å². The van der Waals surface area contributed by atoms with E-state index in [9.17, 15) is 9.59 Å². The Morgan fingerprint density at radius 2 is 1.83 bits per heavy atom. The lowest BCUT2D eigenvalue weighted by atomic mass is 10.2. The minimum Gasteiger partial charge on any atom is -0.446 e. The molecule has 1 aromatic carbocycles. The summed E-state index contributed by atoms with van der Waals surface area (Å²) in [5.74, 6) is -0.182. The number of hydrazone groups is 1. The van der Waals surface area contributed by atoms with E-state index in [0.29, 0.717) is 11.3 Å². The quantitative estimate of drug-likeness (QED) is 0.638. The molecule has 1 aliphatic heterocycles. The Bertz CT molecular complexity index is 804. The van der Waals surface area contributed by atoms with E-state index in [0.717, 1.165) is 5.56 Å². The average molecular weight is 325 g/mol. The van der Waals surface area contributed by atoms with Crippen molar-refractivity contribution in [1.29, 1.82) is 0 Å². The Balaban J connectivity index is 1.97. The van der Waals surface area contributed by atoms with Gasteiger partial charge in [-0.05, 0) is 24.3 Å².